The lowest BCUT2D eigenvalue weighted by molar-refractivity contribution is 0.101. The Morgan fingerprint density at radius 2 is 2.08 bits per heavy atom. The molecule has 0 atom stereocenters. The highest BCUT2D eigenvalue weighted by Crippen LogP contribution is 2.42. The Balaban J connectivity index is 2.62. The predicted molar refractivity (Wildman–Crippen MR) is 44.2 cm³/mol. The lowest BCUT2D eigenvalue weighted by Crippen LogP contribution is -1.96. The number of aromatic hydroxyl groups is 1. The summed E-state index contributed by atoms with van der Waals surface area (Å²) in [5, 5.41) is 9.32. The van der Waals surface area contributed by atoms with Gasteiger partial charge in [0.2, 0.25) is 12.5 Å². The molecule has 1 aromatic carbocycles. The fourth-order valence-electron chi connectivity index (χ4n) is 1.26. The summed E-state index contributed by atoms with van der Waals surface area (Å²) in [5.41, 5.74) is 0.435. The number of benzene rings is 1. The van der Waals surface area contributed by atoms with Gasteiger partial charge in [-0.05, 0) is 19.1 Å². The maximum absolute atomic E-state index is 11.1. The summed E-state index contributed by atoms with van der Waals surface area (Å²) < 4.78 is 10.1. The van der Waals surface area contributed by atoms with Crippen molar-refractivity contribution in [3.05, 3.63) is 17.7 Å². The Labute approximate surface area is 74.7 Å². The lowest BCUT2D eigenvalue weighted by atomic mass is 10.1. The van der Waals surface area contributed by atoms with Gasteiger partial charge in [0.15, 0.2) is 17.3 Å². The standard InChI is InChI=1S/C9H8O4/c1-5(10)6-2-3-7(11)9-8(6)12-4-13-9/h2-3,11H,4H2,1H3. The van der Waals surface area contributed by atoms with Gasteiger partial charge in [-0.2, -0.15) is 0 Å². The zero-order valence-electron chi connectivity index (χ0n) is 7.03. The van der Waals surface area contributed by atoms with Crippen molar-refractivity contribution >= 4 is 5.78 Å². The zero-order chi connectivity index (χ0) is 9.42. The third-order valence-corrected chi connectivity index (χ3v) is 1.88. The Hall–Kier alpha value is -1.71. The van der Waals surface area contributed by atoms with E-state index >= 15 is 0 Å². The second-order valence-corrected chi connectivity index (χ2v) is 2.75. The zero-order valence-corrected chi connectivity index (χ0v) is 7.03. The summed E-state index contributed by atoms with van der Waals surface area (Å²) in [6, 6.07) is 2.94. The summed E-state index contributed by atoms with van der Waals surface area (Å²) in [4.78, 5) is 11.1. The van der Waals surface area contributed by atoms with Crippen molar-refractivity contribution in [3.63, 3.8) is 0 Å². The normalized spacial score (nSPS) is 13.0. The minimum absolute atomic E-state index is 0.00231. The van der Waals surface area contributed by atoms with Gasteiger partial charge in [-0.25, -0.2) is 0 Å². The molecule has 1 N–H and O–H groups in total. The number of carbonyl (C=O) groups excluding carboxylic acids is 1. The number of hydrogen-bond acceptors (Lipinski definition) is 4. The molecule has 68 valence electrons. The van der Waals surface area contributed by atoms with E-state index in [4.69, 9.17) is 9.47 Å². The quantitative estimate of drug-likeness (QED) is 0.662. The molecule has 13 heavy (non-hydrogen) atoms. The maximum Gasteiger partial charge on any atom is 0.231 e. The van der Waals surface area contributed by atoms with Gasteiger partial charge in [0.05, 0.1) is 5.56 Å². The van der Waals surface area contributed by atoms with Gasteiger partial charge in [-0.15, -0.1) is 0 Å². The topological polar surface area (TPSA) is 55.8 Å². The van der Waals surface area contributed by atoms with Crippen molar-refractivity contribution in [3.8, 4) is 17.2 Å². The first-order valence-corrected chi connectivity index (χ1v) is 3.82. The molecule has 1 aliphatic rings. The molecule has 0 aromatic heterocycles. The van der Waals surface area contributed by atoms with Gasteiger partial charge >= 0.3 is 0 Å². The summed E-state index contributed by atoms with van der Waals surface area (Å²) in [6.07, 6.45) is 0. The molecule has 4 heteroatoms. The van der Waals surface area contributed by atoms with Gasteiger partial charge < -0.3 is 14.6 Å². The third kappa shape index (κ3) is 1.11. The van der Waals surface area contributed by atoms with Crippen LogP contribution in [0.2, 0.25) is 0 Å². The largest absolute Gasteiger partial charge is 0.504 e. The van der Waals surface area contributed by atoms with E-state index in [1.807, 2.05) is 0 Å². The van der Waals surface area contributed by atoms with Crippen molar-refractivity contribution in [2.75, 3.05) is 6.79 Å². The van der Waals surface area contributed by atoms with Crippen LogP contribution >= 0.6 is 0 Å². The van der Waals surface area contributed by atoms with Crippen LogP contribution in [0, 0.1) is 0 Å². The first kappa shape index (κ1) is 7.91. The molecule has 1 aromatic rings. The van der Waals surface area contributed by atoms with Crippen LogP contribution in [-0.2, 0) is 0 Å². The highest BCUT2D eigenvalue weighted by atomic mass is 16.7. The lowest BCUT2D eigenvalue weighted by Gasteiger charge is -2.02. The number of ether oxygens (including phenoxy) is 2. The van der Waals surface area contributed by atoms with E-state index in [0.29, 0.717) is 11.3 Å². The van der Waals surface area contributed by atoms with E-state index in [-0.39, 0.29) is 24.1 Å². The van der Waals surface area contributed by atoms with Crippen molar-refractivity contribution in [1.29, 1.82) is 0 Å². The van der Waals surface area contributed by atoms with E-state index in [2.05, 4.69) is 0 Å². The molecular weight excluding hydrogens is 172 g/mol. The molecular formula is C9H8O4. The van der Waals surface area contributed by atoms with Crippen LogP contribution in [0.1, 0.15) is 17.3 Å². The van der Waals surface area contributed by atoms with Gasteiger partial charge in [0, 0.05) is 0 Å². The van der Waals surface area contributed by atoms with Gasteiger partial charge in [-0.3, -0.25) is 4.79 Å². The highest BCUT2D eigenvalue weighted by Gasteiger charge is 2.23. The fraction of sp³-hybridized carbons (Fsp3) is 0.222. The van der Waals surface area contributed by atoms with Crippen LogP contribution in [0.5, 0.6) is 17.2 Å². The molecule has 0 amide bonds. The molecule has 1 aliphatic heterocycles. The molecule has 0 radical (unpaired) electrons. The number of hydrogen-bond donors (Lipinski definition) is 1. The first-order chi connectivity index (χ1) is 6.20. The summed E-state index contributed by atoms with van der Waals surface area (Å²) in [6.45, 7) is 1.49. The van der Waals surface area contributed by atoms with E-state index in [1.54, 1.807) is 0 Å². The molecule has 1 heterocycles. The first-order valence-electron chi connectivity index (χ1n) is 3.82. The number of ketones is 1. The number of rotatable bonds is 1. The molecule has 0 fully saturated rings. The number of phenols is 1. The molecule has 0 unspecified atom stereocenters. The number of fused-ring (bicyclic) bond motifs is 1. The molecule has 0 saturated carbocycles. The third-order valence-electron chi connectivity index (χ3n) is 1.88. The van der Waals surface area contributed by atoms with E-state index in [0.717, 1.165) is 0 Å². The van der Waals surface area contributed by atoms with Crippen LogP contribution in [0.25, 0.3) is 0 Å². The predicted octanol–water partition coefficient (Wildman–Crippen LogP) is 1.32. The van der Waals surface area contributed by atoms with Gasteiger partial charge in [0.25, 0.3) is 0 Å². The van der Waals surface area contributed by atoms with Crippen LogP contribution in [0.3, 0.4) is 0 Å². The molecule has 0 bridgehead atoms. The van der Waals surface area contributed by atoms with Crippen LogP contribution in [0.15, 0.2) is 12.1 Å². The summed E-state index contributed by atoms with van der Waals surface area (Å²) in [5.74, 6) is 0.486. The molecule has 4 nitrogen and oxygen atoms in total. The minimum atomic E-state index is -0.109. The Morgan fingerprint density at radius 1 is 1.38 bits per heavy atom. The van der Waals surface area contributed by atoms with Crippen LogP contribution in [-0.4, -0.2) is 17.7 Å². The highest BCUT2D eigenvalue weighted by molar-refractivity contribution is 5.98. The van der Waals surface area contributed by atoms with Crippen LogP contribution in [0.4, 0.5) is 0 Å². The fourth-order valence-corrected chi connectivity index (χ4v) is 1.26. The summed E-state index contributed by atoms with van der Waals surface area (Å²) >= 11 is 0. The Bertz CT molecular complexity index is 370. The number of Topliss-reactive ketones (excluding diaryl/α,β-unsaturated/α-hetero) is 1. The number of carbonyl (C=O) groups is 1. The smallest absolute Gasteiger partial charge is 0.231 e. The van der Waals surface area contributed by atoms with E-state index in [1.165, 1.54) is 19.1 Å². The second kappa shape index (κ2) is 2.65. The molecule has 0 spiro atoms. The van der Waals surface area contributed by atoms with Crippen molar-refractivity contribution in [1.82, 2.24) is 0 Å². The molecule has 0 aliphatic carbocycles. The van der Waals surface area contributed by atoms with Gasteiger partial charge in [0.1, 0.15) is 0 Å². The molecule has 0 saturated heterocycles. The van der Waals surface area contributed by atoms with E-state index < -0.39 is 0 Å². The minimum Gasteiger partial charge on any atom is -0.504 e. The Morgan fingerprint density at radius 3 is 2.77 bits per heavy atom. The average Bonchev–Trinajstić information content (AvgIpc) is 2.53. The Kier molecular flexibility index (Phi) is 1.62. The maximum atomic E-state index is 11.1. The van der Waals surface area contributed by atoms with Crippen molar-refractivity contribution < 1.29 is 19.4 Å². The number of phenolic OH excluding ortho intramolecular Hbond substituents is 1. The van der Waals surface area contributed by atoms with Gasteiger partial charge in [-0.1, -0.05) is 0 Å². The summed E-state index contributed by atoms with van der Waals surface area (Å²) in [7, 11) is 0. The van der Waals surface area contributed by atoms with Crippen molar-refractivity contribution in [2.24, 2.45) is 0 Å². The van der Waals surface area contributed by atoms with E-state index in [9.17, 15) is 9.90 Å². The second-order valence-electron chi connectivity index (χ2n) is 2.75. The van der Waals surface area contributed by atoms with Crippen molar-refractivity contribution in [2.45, 2.75) is 6.92 Å². The monoisotopic (exact) mass is 180 g/mol. The van der Waals surface area contributed by atoms with Crippen LogP contribution < -0.4 is 9.47 Å². The average molecular weight is 180 g/mol. The molecule has 2 rings (SSSR count). The SMILES string of the molecule is CC(=O)c1ccc(O)c2c1OCO2.